The number of hydrogen-bond acceptors (Lipinski definition) is 3. The van der Waals surface area contributed by atoms with Crippen LogP contribution in [0.5, 0.6) is 0 Å². The number of nitrogens with one attached hydrogen (secondary N) is 1. The number of hydrogen-bond donors (Lipinski definition) is 1. The molecule has 0 aromatic carbocycles. The van der Waals surface area contributed by atoms with E-state index >= 15 is 0 Å². The summed E-state index contributed by atoms with van der Waals surface area (Å²) in [4.78, 5) is 4.38. The molecule has 0 saturated heterocycles. The van der Waals surface area contributed by atoms with Crippen LogP contribution < -0.4 is 5.32 Å². The Balaban J connectivity index is 2.53. The smallest absolute Gasteiger partial charge is 0.0795 e. The zero-order valence-corrected chi connectivity index (χ0v) is 10.1. The Morgan fingerprint density at radius 2 is 2.29 bits per heavy atom. The van der Waals surface area contributed by atoms with E-state index < -0.39 is 0 Å². The van der Waals surface area contributed by atoms with Gasteiger partial charge in [-0.2, -0.15) is 0 Å². The van der Waals surface area contributed by atoms with Gasteiger partial charge in [-0.1, -0.05) is 20.8 Å². The van der Waals surface area contributed by atoms with Crippen molar-refractivity contribution in [3.8, 4) is 0 Å². The number of nitrogens with zero attached hydrogens (tertiary/aromatic N) is 1. The van der Waals surface area contributed by atoms with E-state index in [1.165, 1.54) is 18.5 Å². The lowest BCUT2D eigenvalue weighted by molar-refractivity contribution is 0.424. The van der Waals surface area contributed by atoms with Crippen LogP contribution in [-0.2, 0) is 0 Å². The monoisotopic (exact) mass is 212 g/mol. The fraction of sp³-hybridized carbons (Fsp3) is 0.727. The third-order valence-corrected chi connectivity index (χ3v) is 2.76. The molecule has 1 atom stereocenters. The standard InChI is InChI=1S/C11H20N2S/c1-4-5-12-10(6-9(2)3)11-7-14-8-13-11/h7-10,12H,4-6H2,1-3H3. The van der Waals surface area contributed by atoms with Gasteiger partial charge >= 0.3 is 0 Å². The fourth-order valence-electron chi connectivity index (χ4n) is 1.49. The molecule has 14 heavy (non-hydrogen) atoms. The van der Waals surface area contributed by atoms with Gasteiger partial charge in [-0.15, -0.1) is 11.3 Å². The first-order chi connectivity index (χ1) is 6.74. The number of thiazole rings is 1. The van der Waals surface area contributed by atoms with E-state index in [0.717, 1.165) is 6.54 Å². The molecule has 0 saturated carbocycles. The molecule has 0 bridgehead atoms. The summed E-state index contributed by atoms with van der Waals surface area (Å²) < 4.78 is 0. The molecular weight excluding hydrogens is 192 g/mol. The Labute approximate surface area is 90.8 Å². The highest BCUT2D eigenvalue weighted by Crippen LogP contribution is 2.20. The SMILES string of the molecule is CCCNC(CC(C)C)c1cscn1. The van der Waals surface area contributed by atoms with E-state index in [-0.39, 0.29) is 0 Å². The van der Waals surface area contributed by atoms with Gasteiger partial charge < -0.3 is 5.32 Å². The van der Waals surface area contributed by atoms with Gasteiger partial charge in [-0.3, -0.25) is 0 Å². The van der Waals surface area contributed by atoms with E-state index in [0.29, 0.717) is 12.0 Å². The van der Waals surface area contributed by atoms with Crippen molar-refractivity contribution in [1.29, 1.82) is 0 Å². The molecule has 0 radical (unpaired) electrons. The summed E-state index contributed by atoms with van der Waals surface area (Å²) in [5.74, 6) is 0.714. The maximum Gasteiger partial charge on any atom is 0.0795 e. The average molecular weight is 212 g/mol. The molecule has 0 fully saturated rings. The quantitative estimate of drug-likeness (QED) is 0.783. The molecule has 0 spiro atoms. The van der Waals surface area contributed by atoms with E-state index in [1.807, 2.05) is 5.51 Å². The topological polar surface area (TPSA) is 24.9 Å². The second-order valence-corrected chi connectivity index (χ2v) is 4.77. The van der Waals surface area contributed by atoms with Crippen LogP contribution in [0.15, 0.2) is 10.9 Å². The lowest BCUT2D eigenvalue weighted by Crippen LogP contribution is -2.23. The van der Waals surface area contributed by atoms with Crippen LogP contribution in [0.3, 0.4) is 0 Å². The summed E-state index contributed by atoms with van der Waals surface area (Å²) >= 11 is 1.68. The van der Waals surface area contributed by atoms with Gasteiger partial charge in [0, 0.05) is 5.38 Å². The molecule has 1 heterocycles. The van der Waals surface area contributed by atoms with Crippen LogP contribution in [0, 0.1) is 5.92 Å². The lowest BCUT2D eigenvalue weighted by Gasteiger charge is -2.18. The molecule has 0 aliphatic heterocycles. The summed E-state index contributed by atoms with van der Waals surface area (Å²) in [5.41, 5.74) is 3.12. The lowest BCUT2D eigenvalue weighted by atomic mass is 10.0. The second kappa shape index (κ2) is 6.14. The third-order valence-electron chi connectivity index (χ3n) is 2.16. The summed E-state index contributed by atoms with van der Waals surface area (Å²) in [7, 11) is 0. The Bertz CT molecular complexity index is 231. The Kier molecular flexibility index (Phi) is 5.12. The largest absolute Gasteiger partial charge is 0.309 e. The van der Waals surface area contributed by atoms with Gasteiger partial charge in [-0.05, 0) is 25.3 Å². The predicted molar refractivity (Wildman–Crippen MR) is 62.6 cm³/mol. The van der Waals surface area contributed by atoms with E-state index in [9.17, 15) is 0 Å². The molecule has 1 unspecified atom stereocenters. The van der Waals surface area contributed by atoms with Crippen LogP contribution in [0.2, 0.25) is 0 Å². The van der Waals surface area contributed by atoms with Crippen molar-refractivity contribution < 1.29 is 0 Å². The minimum Gasteiger partial charge on any atom is -0.309 e. The first-order valence-electron chi connectivity index (χ1n) is 5.35. The van der Waals surface area contributed by atoms with Crippen LogP contribution in [-0.4, -0.2) is 11.5 Å². The molecule has 2 nitrogen and oxygen atoms in total. The Morgan fingerprint density at radius 3 is 2.79 bits per heavy atom. The highest BCUT2D eigenvalue weighted by Gasteiger charge is 2.13. The molecule has 1 N–H and O–H groups in total. The Morgan fingerprint density at radius 1 is 1.50 bits per heavy atom. The van der Waals surface area contributed by atoms with Gasteiger partial charge in [0.25, 0.3) is 0 Å². The van der Waals surface area contributed by atoms with Crippen molar-refractivity contribution >= 4 is 11.3 Å². The normalized spacial score (nSPS) is 13.4. The van der Waals surface area contributed by atoms with Gasteiger partial charge in [0.05, 0.1) is 17.2 Å². The molecule has 80 valence electrons. The second-order valence-electron chi connectivity index (χ2n) is 4.05. The van der Waals surface area contributed by atoms with Crippen molar-refractivity contribution in [2.24, 2.45) is 5.92 Å². The zero-order valence-electron chi connectivity index (χ0n) is 9.29. The Hall–Kier alpha value is -0.410. The van der Waals surface area contributed by atoms with Crippen molar-refractivity contribution in [3.05, 3.63) is 16.6 Å². The molecule has 0 amide bonds. The molecule has 1 aromatic heterocycles. The van der Waals surface area contributed by atoms with Gasteiger partial charge in [0.2, 0.25) is 0 Å². The van der Waals surface area contributed by atoms with E-state index in [4.69, 9.17) is 0 Å². The van der Waals surface area contributed by atoms with Gasteiger partial charge in [-0.25, -0.2) is 4.98 Å². The summed E-state index contributed by atoms with van der Waals surface area (Å²) in [6.45, 7) is 7.79. The van der Waals surface area contributed by atoms with E-state index in [2.05, 4.69) is 36.5 Å². The van der Waals surface area contributed by atoms with Crippen molar-refractivity contribution in [1.82, 2.24) is 10.3 Å². The minimum atomic E-state index is 0.446. The fourth-order valence-corrected chi connectivity index (χ4v) is 2.10. The first-order valence-corrected chi connectivity index (χ1v) is 6.29. The predicted octanol–water partition coefficient (Wildman–Crippen LogP) is 3.23. The molecule has 0 aliphatic carbocycles. The summed E-state index contributed by atoms with van der Waals surface area (Å²) in [6.07, 6.45) is 2.35. The van der Waals surface area contributed by atoms with E-state index in [1.54, 1.807) is 11.3 Å². The van der Waals surface area contributed by atoms with Crippen LogP contribution in [0.1, 0.15) is 45.3 Å². The number of aromatic nitrogens is 1. The molecule has 3 heteroatoms. The average Bonchev–Trinajstić information content (AvgIpc) is 2.64. The summed E-state index contributed by atoms with van der Waals surface area (Å²) in [6, 6.07) is 0.446. The third kappa shape index (κ3) is 3.76. The van der Waals surface area contributed by atoms with Crippen molar-refractivity contribution in [2.45, 2.75) is 39.7 Å². The van der Waals surface area contributed by atoms with Crippen molar-refractivity contribution in [3.63, 3.8) is 0 Å². The van der Waals surface area contributed by atoms with Gasteiger partial charge in [0.15, 0.2) is 0 Å². The number of rotatable bonds is 6. The maximum atomic E-state index is 4.38. The highest BCUT2D eigenvalue weighted by molar-refractivity contribution is 7.07. The molecule has 1 aromatic rings. The van der Waals surface area contributed by atoms with Crippen LogP contribution >= 0.6 is 11.3 Å². The molecular formula is C11H20N2S. The first kappa shape index (κ1) is 11.7. The minimum absolute atomic E-state index is 0.446. The highest BCUT2D eigenvalue weighted by atomic mass is 32.1. The van der Waals surface area contributed by atoms with Crippen molar-refractivity contribution in [2.75, 3.05) is 6.54 Å². The zero-order chi connectivity index (χ0) is 10.4. The van der Waals surface area contributed by atoms with Crippen LogP contribution in [0.25, 0.3) is 0 Å². The van der Waals surface area contributed by atoms with Gasteiger partial charge in [0.1, 0.15) is 0 Å². The maximum absolute atomic E-state index is 4.38. The molecule has 1 rings (SSSR count). The summed E-state index contributed by atoms with van der Waals surface area (Å²) in [5, 5.41) is 5.70. The molecule has 0 aliphatic rings. The van der Waals surface area contributed by atoms with Crippen LogP contribution in [0.4, 0.5) is 0 Å².